The quantitative estimate of drug-likeness (QED) is 0.545. The molecule has 4 rings (SSSR count). The van der Waals surface area contributed by atoms with Crippen molar-refractivity contribution in [3.63, 3.8) is 0 Å². The number of benzene rings is 2. The number of primary amides is 1. The minimum absolute atomic E-state index is 0.148. The molecule has 2 heterocycles. The molecule has 35 heavy (non-hydrogen) atoms. The van der Waals surface area contributed by atoms with Gasteiger partial charge in [0.2, 0.25) is 0 Å². The number of aromatic nitrogens is 1. The van der Waals surface area contributed by atoms with E-state index in [0.29, 0.717) is 41.5 Å². The molecule has 184 valence electrons. The number of ketones is 1. The number of Topliss-reactive ketones (excluding diaryl/α,β-unsaturated/α-hetero) is 1. The van der Waals surface area contributed by atoms with Gasteiger partial charge in [-0.25, -0.2) is 9.59 Å². The molecule has 3 amide bonds. The highest BCUT2D eigenvalue weighted by molar-refractivity contribution is 6.05. The fourth-order valence-corrected chi connectivity index (χ4v) is 4.33. The number of nitrogens with zero attached hydrogens (tertiary/aromatic N) is 2. The number of fused-ring (bicyclic) bond motifs is 1. The predicted molar refractivity (Wildman–Crippen MR) is 122 cm³/mol. The number of nitrogens with one attached hydrogen (secondary N) is 1. The summed E-state index contributed by atoms with van der Waals surface area (Å²) < 4.78 is 42.7. The van der Waals surface area contributed by atoms with E-state index in [9.17, 15) is 27.6 Å². The molecule has 0 radical (unpaired) electrons. The van der Waals surface area contributed by atoms with Crippen LogP contribution in [-0.2, 0) is 11.2 Å². The van der Waals surface area contributed by atoms with Gasteiger partial charge in [-0.15, -0.1) is 13.2 Å². The van der Waals surface area contributed by atoms with Gasteiger partial charge in [0.15, 0.2) is 5.78 Å². The highest BCUT2D eigenvalue weighted by Gasteiger charge is 2.33. The zero-order valence-corrected chi connectivity index (χ0v) is 18.5. The number of carbonyl (C=O) groups is 3. The summed E-state index contributed by atoms with van der Waals surface area (Å²) in [6.07, 6.45) is -1.68. The minimum Gasteiger partial charge on any atom is -0.406 e. The van der Waals surface area contributed by atoms with Crippen molar-refractivity contribution >= 4 is 34.4 Å². The molecule has 3 aromatic rings. The van der Waals surface area contributed by atoms with E-state index in [0.717, 1.165) is 18.6 Å². The van der Waals surface area contributed by atoms with Gasteiger partial charge >= 0.3 is 18.4 Å². The lowest BCUT2D eigenvalue weighted by Crippen LogP contribution is -2.50. The summed E-state index contributed by atoms with van der Waals surface area (Å²) in [5, 5.41) is 3.39. The zero-order chi connectivity index (χ0) is 25.2. The molecule has 1 aliphatic heterocycles. The topological polar surface area (TPSA) is 107 Å². The number of alkyl halides is 3. The number of nitrogens with two attached hydrogens (primary N) is 1. The van der Waals surface area contributed by atoms with Gasteiger partial charge in [0.25, 0.3) is 0 Å². The summed E-state index contributed by atoms with van der Waals surface area (Å²) in [4.78, 5) is 39.5. The molecule has 0 unspecified atom stereocenters. The third kappa shape index (κ3) is 5.56. The number of likely N-dealkylation sites (tertiary alicyclic amines) is 1. The molecule has 1 aliphatic rings. The molecule has 1 fully saturated rings. The number of hydrogen-bond acceptors (Lipinski definition) is 4. The van der Waals surface area contributed by atoms with Gasteiger partial charge in [0, 0.05) is 24.5 Å². The van der Waals surface area contributed by atoms with Crippen LogP contribution in [0.1, 0.15) is 24.8 Å². The van der Waals surface area contributed by atoms with Gasteiger partial charge in [0.05, 0.1) is 17.2 Å². The summed E-state index contributed by atoms with van der Waals surface area (Å²) >= 11 is 0. The van der Waals surface area contributed by atoms with Crippen LogP contribution in [0.15, 0.2) is 54.7 Å². The lowest BCUT2D eigenvalue weighted by Gasteiger charge is -2.34. The van der Waals surface area contributed by atoms with E-state index in [1.54, 1.807) is 24.3 Å². The first kappa shape index (κ1) is 24.1. The Balaban J connectivity index is 1.51. The fourth-order valence-electron chi connectivity index (χ4n) is 4.33. The molecule has 2 aromatic carbocycles. The maximum absolute atomic E-state index is 13.2. The number of hydrogen-bond donors (Lipinski definition) is 2. The highest BCUT2D eigenvalue weighted by Crippen LogP contribution is 2.28. The van der Waals surface area contributed by atoms with Crippen LogP contribution in [-0.4, -0.2) is 46.3 Å². The Labute approximate surface area is 198 Å². The summed E-state index contributed by atoms with van der Waals surface area (Å²) in [7, 11) is 0. The number of amides is 3. The van der Waals surface area contributed by atoms with Crippen LogP contribution in [0.2, 0.25) is 0 Å². The number of anilines is 1. The van der Waals surface area contributed by atoms with Crippen LogP contribution >= 0.6 is 0 Å². The smallest absolute Gasteiger partial charge is 0.406 e. The number of piperidine rings is 1. The van der Waals surface area contributed by atoms with Gasteiger partial charge < -0.3 is 20.7 Å². The normalized spacial score (nSPS) is 16.2. The number of halogens is 3. The maximum Gasteiger partial charge on any atom is 0.573 e. The molecule has 8 nitrogen and oxygen atoms in total. The van der Waals surface area contributed by atoms with E-state index < -0.39 is 30.2 Å². The standard InChI is InChI=1S/C24H23F3N4O4/c25-24(26,27)35-16-7-5-6-15(12-16)13-21(32)20-10-3-4-11-30(20)23(34)29-18-14-31(22(28)33)19-9-2-1-8-17(18)19/h1-2,5-9,12,14,20H,3-4,10-11,13H2,(H2,28,33)(H,29,34)/t20-/m0/s1. The molecule has 1 saturated heterocycles. The van der Waals surface area contributed by atoms with Gasteiger partial charge in [-0.2, -0.15) is 0 Å². The van der Waals surface area contributed by atoms with E-state index in [4.69, 9.17) is 5.73 Å². The Bertz CT molecular complexity index is 1270. The van der Waals surface area contributed by atoms with Crippen molar-refractivity contribution in [1.82, 2.24) is 9.47 Å². The van der Waals surface area contributed by atoms with Crippen molar-refractivity contribution in [3.8, 4) is 5.75 Å². The Kier molecular flexibility index (Phi) is 6.68. The average molecular weight is 488 g/mol. The maximum atomic E-state index is 13.2. The molecule has 0 saturated carbocycles. The predicted octanol–water partition coefficient (Wildman–Crippen LogP) is 4.66. The number of rotatable bonds is 5. The van der Waals surface area contributed by atoms with Crippen molar-refractivity contribution < 1.29 is 32.3 Å². The number of ether oxygens (including phenoxy) is 1. The third-order valence-corrected chi connectivity index (χ3v) is 5.84. The van der Waals surface area contributed by atoms with Crippen LogP contribution in [0.5, 0.6) is 5.75 Å². The van der Waals surface area contributed by atoms with E-state index in [-0.39, 0.29) is 12.2 Å². The Morgan fingerprint density at radius 1 is 1.09 bits per heavy atom. The molecule has 1 aromatic heterocycles. The van der Waals surface area contributed by atoms with Crippen molar-refractivity contribution in [1.29, 1.82) is 0 Å². The highest BCUT2D eigenvalue weighted by atomic mass is 19.4. The summed E-state index contributed by atoms with van der Waals surface area (Å²) in [6.45, 7) is 0.341. The molecule has 1 atom stereocenters. The number of urea groups is 1. The first-order valence-corrected chi connectivity index (χ1v) is 11.0. The van der Waals surface area contributed by atoms with Crippen LogP contribution in [0.3, 0.4) is 0 Å². The van der Waals surface area contributed by atoms with Crippen molar-refractivity contribution in [3.05, 3.63) is 60.3 Å². The van der Waals surface area contributed by atoms with E-state index >= 15 is 0 Å². The average Bonchev–Trinajstić information content (AvgIpc) is 3.17. The fraction of sp³-hybridized carbons (Fsp3) is 0.292. The molecule has 11 heteroatoms. The zero-order valence-electron chi connectivity index (χ0n) is 18.5. The second kappa shape index (κ2) is 9.69. The Hall–Kier alpha value is -4.02. The van der Waals surface area contributed by atoms with Crippen LogP contribution in [0.25, 0.3) is 10.9 Å². The third-order valence-electron chi connectivity index (χ3n) is 5.84. The van der Waals surface area contributed by atoms with Gasteiger partial charge in [-0.1, -0.05) is 30.3 Å². The van der Waals surface area contributed by atoms with Crippen molar-refractivity contribution in [2.45, 2.75) is 38.1 Å². The van der Waals surface area contributed by atoms with Crippen LogP contribution in [0, 0.1) is 0 Å². The summed E-state index contributed by atoms with van der Waals surface area (Å²) in [6, 6.07) is 10.2. The monoisotopic (exact) mass is 488 g/mol. The first-order chi connectivity index (χ1) is 16.6. The molecule has 0 spiro atoms. The molecular weight excluding hydrogens is 465 g/mol. The SMILES string of the molecule is NC(=O)n1cc(NC(=O)N2CCCC[C@H]2C(=O)Cc2cccc(OC(F)(F)F)c2)c2ccccc21. The van der Waals surface area contributed by atoms with E-state index in [1.165, 1.54) is 27.8 Å². The van der Waals surface area contributed by atoms with Crippen LogP contribution < -0.4 is 15.8 Å². The second-order valence-electron chi connectivity index (χ2n) is 8.24. The summed E-state index contributed by atoms with van der Waals surface area (Å²) in [5.41, 5.74) is 6.69. The largest absolute Gasteiger partial charge is 0.573 e. The van der Waals surface area contributed by atoms with Crippen molar-refractivity contribution in [2.24, 2.45) is 5.73 Å². The van der Waals surface area contributed by atoms with Crippen LogP contribution in [0.4, 0.5) is 28.4 Å². The molecule has 0 aliphatic carbocycles. The Morgan fingerprint density at radius 2 is 1.86 bits per heavy atom. The van der Waals surface area contributed by atoms with Gasteiger partial charge in [0.1, 0.15) is 5.75 Å². The minimum atomic E-state index is -4.83. The van der Waals surface area contributed by atoms with Gasteiger partial charge in [-0.05, 0) is 43.0 Å². The Morgan fingerprint density at radius 3 is 2.60 bits per heavy atom. The van der Waals surface area contributed by atoms with E-state index in [2.05, 4.69) is 10.1 Å². The van der Waals surface area contributed by atoms with Crippen molar-refractivity contribution in [2.75, 3.05) is 11.9 Å². The number of carbonyl (C=O) groups excluding carboxylic acids is 3. The molecule has 0 bridgehead atoms. The molecular formula is C24H23F3N4O4. The first-order valence-electron chi connectivity index (χ1n) is 11.0. The lowest BCUT2D eigenvalue weighted by atomic mass is 9.95. The number of para-hydroxylation sites is 1. The second-order valence-corrected chi connectivity index (χ2v) is 8.24. The molecule has 3 N–H and O–H groups in total. The van der Waals surface area contributed by atoms with E-state index in [1.807, 2.05) is 0 Å². The summed E-state index contributed by atoms with van der Waals surface area (Å²) in [5.74, 6) is -0.699. The van der Waals surface area contributed by atoms with Gasteiger partial charge in [-0.3, -0.25) is 9.36 Å². The lowest BCUT2D eigenvalue weighted by molar-refractivity contribution is -0.274.